The Hall–Kier alpha value is -1.12. The van der Waals surface area contributed by atoms with E-state index in [9.17, 15) is 24.9 Å². The Morgan fingerprint density at radius 1 is 1.06 bits per heavy atom. The van der Waals surface area contributed by atoms with Crippen LogP contribution in [0.3, 0.4) is 0 Å². The van der Waals surface area contributed by atoms with Crippen molar-refractivity contribution in [3.63, 3.8) is 0 Å². The highest BCUT2D eigenvalue weighted by molar-refractivity contribution is 5.95. The largest absolute Gasteiger partial charge is 0.390 e. The first-order chi connectivity index (χ1) is 15.3. The van der Waals surface area contributed by atoms with Gasteiger partial charge in [-0.25, -0.2) is 0 Å². The van der Waals surface area contributed by atoms with Crippen molar-refractivity contribution in [3.05, 3.63) is 11.6 Å². The second kappa shape index (κ2) is 8.52. The van der Waals surface area contributed by atoms with Crippen molar-refractivity contribution in [3.8, 4) is 0 Å². The maximum Gasteiger partial charge on any atom is 0.159 e. The lowest BCUT2D eigenvalue weighted by molar-refractivity contribution is -0.154. The fourth-order valence-electron chi connectivity index (χ4n) is 7.71. The predicted octanol–water partition coefficient (Wildman–Crippen LogP) is 1.25. The molecule has 4 rings (SSSR count). The molecule has 0 amide bonds. The number of ketones is 2. The molecule has 0 aromatic rings. The van der Waals surface area contributed by atoms with Gasteiger partial charge < -0.3 is 20.2 Å². The molecule has 4 aliphatic rings. The molecule has 0 aromatic carbocycles. The van der Waals surface area contributed by atoms with Crippen LogP contribution in [0.25, 0.3) is 0 Å². The molecule has 3 saturated carbocycles. The monoisotopic (exact) mass is 462 g/mol. The number of hydrogen-bond acceptors (Lipinski definition) is 7. The summed E-state index contributed by atoms with van der Waals surface area (Å²) in [5.74, 6) is -0.453. The van der Waals surface area contributed by atoms with Crippen LogP contribution in [-0.2, 0) is 9.59 Å². The number of nitrogens with zero attached hydrogens (tertiary/aromatic N) is 2. The summed E-state index contributed by atoms with van der Waals surface area (Å²) < 4.78 is 0. The molecule has 33 heavy (non-hydrogen) atoms. The maximum atomic E-state index is 13.4. The van der Waals surface area contributed by atoms with Crippen LogP contribution in [0.15, 0.2) is 11.6 Å². The van der Waals surface area contributed by atoms with E-state index in [1.54, 1.807) is 6.08 Å². The summed E-state index contributed by atoms with van der Waals surface area (Å²) in [7, 11) is 6.00. The summed E-state index contributed by atoms with van der Waals surface area (Å²) in [5.41, 5.74) is -1.47. The number of Topliss-reactive ketones (excluding diaryl/α,β-unsaturated/α-hetero) is 1. The van der Waals surface area contributed by atoms with Crippen LogP contribution < -0.4 is 0 Å². The first-order valence-corrected chi connectivity index (χ1v) is 12.5. The lowest BCUT2D eigenvalue weighted by Crippen LogP contribution is -2.61. The van der Waals surface area contributed by atoms with E-state index in [0.29, 0.717) is 25.8 Å². The number of allylic oxidation sites excluding steroid dienone is 1. The Labute approximate surface area is 197 Å². The van der Waals surface area contributed by atoms with Gasteiger partial charge in [-0.15, -0.1) is 0 Å². The molecular weight excluding hydrogens is 420 g/mol. The van der Waals surface area contributed by atoms with Crippen molar-refractivity contribution in [2.24, 2.45) is 28.6 Å². The average Bonchev–Trinajstić information content (AvgIpc) is 3.00. The molecule has 0 heterocycles. The fourth-order valence-corrected chi connectivity index (χ4v) is 7.71. The van der Waals surface area contributed by atoms with Crippen LogP contribution >= 0.6 is 0 Å². The Morgan fingerprint density at radius 3 is 2.42 bits per heavy atom. The number of carbonyl (C=O) groups is 2. The van der Waals surface area contributed by atoms with E-state index >= 15 is 0 Å². The number of carbonyl (C=O) groups excluding carboxylic acids is 2. The van der Waals surface area contributed by atoms with Crippen molar-refractivity contribution in [2.45, 2.75) is 70.2 Å². The first kappa shape index (κ1) is 25.0. The van der Waals surface area contributed by atoms with Gasteiger partial charge in [0.05, 0.1) is 24.4 Å². The van der Waals surface area contributed by atoms with E-state index in [2.05, 4.69) is 9.80 Å². The molecule has 0 spiro atoms. The molecule has 0 aliphatic heterocycles. The van der Waals surface area contributed by atoms with E-state index in [1.807, 2.05) is 35.0 Å². The van der Waals surface area contributed by atoms with Gasteiger partial charge in [0.1, 0.15) is 0 Å². The Balaban J connectivity index is 1.59. The Kier molecular flexibility index (Phi) is 6.45. The molecule has 0 aromatic heterocycles. The number of rotatable bonds is 6. The van der Waals surface area contributed by atoms with Crippen LogP contribution in [-0.4, -0.2) is 95.3 Å². The zero-order valence-electron chi connectivity index (χ0n) is 20.9. The van der Waals surface area contributed by atoms with Crippen molar-refractivity contribution < 1.29 is 24.9 Å². The topological polar surface area (TPSA) is 101 Å². The minimum Gasteiger partial charge on any atom is -0.390 e. The van der Waals surface area contributed by atoms with E-state index in [-0.39, 0.29) is 35.7 Å². The van der Waals surface area contributed by atoms with Gasteiger partial charge in [-0.2, -0.15) is 0 Å². The zero-order chi connectivity index (χ0) is 24.3. The highest BCUT2D eigenvalue weighted by atomic mass is 16.3. The van der Waals surface area contributed by atoms with Crippen LogP contribution in [0.4, 0.5) is 0 Å². The average molecular weight is 463 g/mol. The van der Waals surface area contributed by atoms with Gasteiger partial charge >= 0.3 is 0 Å². The third-order valence-electron chi connectivity index (χ3n) is 9.86. The van der Waals surface area contributed by atoms with Crippen molar-refractivity contribution in [1.29, 1.82) is 0 Å². The van der Waals surface area contributed by atoms with Crippen molar-refractivity contribution >= 4 is 11.6 Å². The number of aliphatic hydroxyl groups excluding tert-OH is 2. The molecule has 7 heteroatoms. The summed E-state index contributed by atoms with van der Waals surface area (Å²) >= 11 is 0. The van der Waals surface area contributed by atoms with Crippen molar-refractivity contribution in [1.82, 2.24) is 9.80 Å². The van der Waals surface area contributed by atoms with E-state index in [0.717, 1.165) is 31.5 Å². The minimum absolute atomic E-state index is 0.0166. The van der Waals surface area contributed by atoms with E-state index in [4.69, 9.17) is 0 Å². The molecule has 186 valence electrons. The lowest BCUT2D eigenvalue weighted by Gasteiger charge is -2.59. The van der Waals surface area contributed by atoms with Gasteiger partial charge in [0, 0.05) is 30.3 Å². The van der Waals surface area contributed by atoms with Gasteiger partial charge in [-0.05, 0) is 82.6 Å². The van der Waals surface area contributed by atoms with Gasteiger partial charge in [-0.1, -0.05) is 13.8 Å². The molecule has 0 radical (unpaired) electrons. The van der Waals surface area contributed by atoms with Crippen molar-refractivity contribution in [2.75, 3.05) is 40.8 Å². The Morgan fingerprint density at radius 2 is 1.76 bits per heavy atom. The van der Waals surface area contributed by atoms with Gasteiger partial charge in [0.2, 0.25) is 0 Å². The molecule has 6 unspecified atom stereocenters. The molecule has 4 aliphatic carbocycles. The van der Waals surface area contributed by atoms with E-state index in [1.165, 1.54) is 0 Å². The molecule has 7 nitrogen and oxygen atoms in total. The molecule has 3 fully saturated rings. The second-order valence-electron chi connectivity index (χ2n) is 12.1. The zero-order valence-corrected chi connectivity index (χ0v) is 20.9. The molecule has 0 bridgehead atoms. The maximum absolute atomic E-state index is 13.4. The second-order valence-corrected chi connectivity index (χ2v) is 12.1. The molecular formula is C26H42N2O5. The summed E-state index contributed by atoms with van der Waals surface area (Å²) in [6.07, 6.45) is 3.18. The van der Waals surface area contributed by atoms with Crippen LogP contribution in [0.5, 0.6) is 0 Å². The summed E-state index contributed by atoms with van der Waals surface area (Å²) in [4.78, 5) is 30.7. The van der Waals surface area contributed by atoms with Gasteiger partial charge in [0.15, 0.2) is 11.6 Å². The number of aliphatic hydroxyl groups is 3. The highest BCUT2D eigenvalue weighted by Crippen LogP contribution is 2.67. The first-order valence-electron chi connectivity index (χ1n) is 12.5. The number of likely N-dealkylation sites (N-methyl/N-ethyl adjacent to an activating group) is 2. The lowest BCUT2D eigenvalue weighted by atomic mass is 9.46. The standard InChI is InChI=1S/C26H42N2O5/c1-24-14-22(31)21(30)13-19(24)20(29)12-18-16(24)6-8-25(2)17(7-9-26(18,25)33)23(32)15-28(5)11-10-27(3)4/h12,16-17,19,21-22,30-31,33H,6-11,13-15H2,1-5H3/t16?,17-,19?,21?,22?,24?,25?,26-/m1/s1. The normalized spacial score (nSPS) is 45.0. The highest BCUT2D eigenvalue weighted by Gasteiger charge is 2.67. The summed E-state index contributed by atoms with van der Waals surface area (Å²) in [6, 6.07) is 0. The third-order valence-corrected chi connectivity index (χ3v) is 9.86. The summed E-state index contributed by atoms with van der Waals surface area (Å²) in [5, 5.41) is 32.8. The van der Waals surface area contributed by atoms with Crippen LogP contribution in [0.2, 0.25) is 0 Å². The quantitative estimate of drug-likeness (QED) is 0.546. The molecule has 3 N–H and O–H groups in total. The molecule has 0 saturated heterocycles. The fraction of sp³-hybridized carbons (Fsp3) is 0.846. The summed E-state index contributed by atoms with van der Waals surface area (Å²) in [6.45, 7) is 6.15. The van der Waals surface area contributed by atoms with Crippen LogP contribution in [0.1, 0.15) is 52.4 Å². The predicted molar refractivity (Wildman–Crippen MR) is 125 cm³/mol. The molecule has 8 atom stereocenters. The third kappa shape index (κ3) is 3.84. The number of hydrogen-bond donors (Lipinski definition) is 3. The van der Waals surface area contributed by atoms with E-state index < -0.39 is 28.6 Å². The van der Waals surface area contributed by atoms with Crippen LogP contribution in [0, 0.1) is 28.6 Å². The van der Waals surface area contributed by atoms with Gasteiger partial charge in [0.25, 0.3) is 0 Å². The SMILES string of the molecule is CN(C)CCN(C)CC(=O)[C@H]1CC[C@@]2(O)C3=CC(=O)C4CC(O)C(O)CC4(C)C3CCC12C. The van der Waals surface area contributed by atoms with Gasteiger partial charge in [-0.3, -0.25) is 14.5 Å². The number of fused-ring (bicyclic) bond motifs is 5. The smallest absolute Gasteiger partial charge is 0.159 e. The Bertz CT molecular complexity index is 843. The minimum atomic E-state index is -1.18.